The molecule has 1 amide bonds. The number of hydrogen-bond acceptors (Lipinski definition) is 2. The second-order valence-electron chi connectivity index (χ2n) is 3.39. The number of terminal acetylenes is 1. The van der Waals surface area contributed by atoms with Crippen LogP contribution in [0.3, 0.4) is 0 Å². The maximum atomic E-state index is 11.4. The summed E-state index contributed by atoms with van der Waals surface area (Å²) in [5.41, 5.74) is 1.49. The minimum Gasteiger partial charge on any atom is -0.305 e. The van der Waals surface area contributed by atoms with Crippen LogP contribution in [0.4, 0.5) is 5.69 Å². The van der Waals surface area contributed by atoms with Crippen molar-refractivity contribution in [2.75, 3.05) is 11.4 Å². The van der Waals surface area contributed by atoms with E-state index in [0.717, 1.165) is 11.3 Å². The highest BCUT2D eigenvalue weighted by Gasteiger charge is 2.28. The molecule has 1 aromatic rings. The lowest BCUT2D eigenvalue weighted by molar-refractivity contribution is -0.121. The molecule has 1 aliphatic heterocycles. The Balaban J connectivity index is 2.27. The average molecular weight is 199 g/mol. The molecule has 0 N–H and O–H groups in total. The van der Waals surface area contributed by atoms with Crippen molar-refractivity contribution in [3.05, 3.63) is 29.8 Å². The number of nitrogens with zero attached hydrogens (tertiary/aromatic N) is 1. The van der Waals surface area contributed by atoms with Gasteiger partial charge in [0.15, 0.2) is 5.78 Å². The monoisotopic (exact) mass is 199 g/mol. The third kappa shape index (κ3) is 1.75. The Labute approximate surface area is 87.7 Å². The first-order valence-corrected chi connectivity index (χ1v) is 4.59. The maximum Gasteiger partial charge on any atom is 0.234 e. The number of anilines is 1. The fourth-order valence-electron chi connectivity index (χ4n) is 1.56. The Morgan fingerprint density at radius 3 is 2.33 bits per heavy atom. The molecule has 0 aliphatic carbocycles. The van der Waals surface area contributed by atoms with E-state index in [1.54, 1.807) is 24.3 Å². The van der Waals surface area contributed by atoms with Crippen LogP contribution in [0.5, 0.6) is 0 Å². The Bertz CT molecular complexity index is 454. The molecule has 1 fully saturated rings. The van der Waals surface area contributed by atoms with E-state index in [1.165, 1.54) is 4.90 Å². The molecular weight excluding hydrogens is 190 g/mol. The predicted molar refractivity (Wildman–Crippen MR) is 56.4 cm³/mol. The van der Waals surface area contributed by atoms with Crippen molar-refractivity contribution in [1.82, 2.24) is 0 Å². The quantitative estimate of drug-likeness (QED) is 0.499. The summed E-state index contributed by atoms with van der Waals surface area (Å²) in [6, 6.07) is 7.02. The number of hydrogen-bond donors (Lipinski definition) is 0. The molecule has 0 atom stereocenters. The van der Waals surface area contributed by atoms with Gasteiger partial charge in [-0.05, 0) is 24.3 Å². The Morgan fingerprint density at radius 2 is 1.87 bits per heavy atom. The number of Topliss-reactive ketones (excluding diaryl/α,β-unsaturated/α-hetero) is 1. The van der Waals surface area contributed by atoms with Gasteiger partial charge in [-0.1, -0.05) is 5.92 Å². The standard InChI is InChI=1S/C12H9NO2/c1-2-9-3-5-10(6-4-9)13-8-11(14)7-12(13)15/h1,3-6H,7-8H2. The summed E-state index contributed by atoms with van der Waals surface area (Å²) in [4.78, 5) is 23.9. The molecule has 3 nitrogen and oxygen atoms in total. The van der Waals surface area contributed by atoms with E-state index in [4.69, 9.17) is 6.42 Å². The third-order valence-electron chi connectivity index (χ3n) is 2.33. The van der Waals surface area contributed by atoms with E-state index in [-0.39, 0.29) is 24.7 Å². The zero-order valence-electron chi connectivity index (χ0n) is 8.06. The number of carbonyl (C=O) groups excluding carboxylic acids is 2. The van der Waals surface area contributed by atoms with Crippen molar-refractivity contribution in [1.29, 1.82) is 0 Å². The van der Waals surface area contributed by atoms with Crippen LogP contribution >= 0.6 is 0 Å². The van der Waals surface area contributed by atoms with Gasteiger partial charge in [-0.25, -0.2) is 0 Å². The third-order valence-corrected chi connectivity index (χ3v) is 2.33. The fourth-order valence-corrected chi connectivity index (χ4v) is 1.56. The van der Waals surface area contributed by atoms with Crippen LogP contribution < -0.4 is 4.90 Å². The molecule has 1 aliphatic rings. The fraction of sp³-hybridized carbons (Fsp3) is 0.167. The molecule has 1 heterocycles. The van der Waals surface area contributed by atoms with Gasteiger partial charge in [0, 0.05) is 11.3 Å². The lowest BCUT2D eigenvalue weighted by Crippen LogP contribution is -2.24. The van der Waals surface area contributed by atoms with Crippen LogP contribution in [0.25, 0.3) is 0 Å². The van der Waals surface area contributed by atoms with E-state index in [0.29, 0.717) is 0 Å². The average Bonchev–Trinajstić information content (AvgIpc) is 2.58. The van der Waals surface area contributed by atoms with E-state index >= 15 is 0 Å². The van der Waals surface area contributed by atoms with E-state index < -0.39 is 0 Å². The highest BCUT2D eigenvalue weighted by Crippen LogP contribution is 2.19. The number of carbonyl (C=O) groups is 2. The smallest absolute Gasteiger partial charge is 0.234 e. The van der Waals surface area contributed by atoms with Crippen molar-refractivity contribution in [3.63, 3.8) is 0 Å². The van der Waals surface area contributed by atoms with Gasteiger partial charge >= 0.3 is 0 Å². The predicted octanol–water partition coefficient (Wildman–Crippen LogP) is 0.974. The minimum absolute atomic E-state index is 0.0108. The largest absolute Gasteiger partial charge is 0.305 e. The number of amides is 1. The van der Waals surface area contributed by atoms with E-state index in [2.05, 4.69) is 5.92 Å². The molecule has 2 rings (SSSR count). The first kappa shape index (κ1) is 9.47. The summed E-state index contributed by atoms with van der Waals surface area (Å²) >= 11 is 0. The van der Waals surface area contributed by atoms with Crippen molar-refractivity contribution in [2.24, 2.45) is 0 Å². The first-order chi connectivity index (χ1) is 7.20. The molecule has 0 spiro atoms. The summed E-state index contributed by atoms with van der Waals surface area (Å²) in [6.45, 7) is 0.175. The van der Waals surface area contributed by atoms with Gasteiger partial charge in [0.1, 0.15) is 0 Å². The molecule has 74 valence electrons. The SMILES string of the molecule is C#Cc1ccc(N2CC(=O)CC2=O)cc1. The van der Waals surface area contributed by atoms with Crippen LogP contribution in [0, 0.1) is 12.3 Å². The van der Waals surface area contributed by atoms with Gasteiger partial charge in [-0.15, -0.1) is 6.42 Å². The number of rotatable bonds is 1. The van der Waals surface area contributed by atoms with Crippen molar-refractivity contribution in [3.8, 4) is 12.3 Å². The first-order valence-electron chi connectivity index (χ1n) is 4.59. The maximum absolute atomic E-state index is 11.4. The Morgan fingerprint density at radius 1 is 1.20 bits per heavy atom. The topological polar surface area (TPSA) is 37.4 Å². The molecule has 1 saturated heterocycles. The van der Waals surface area contributed by atoms with Crippen LogP contribution in [-0.4, -0.2) is 18.2 Å². The van der Waals surface area contributed by atoms with Crippen molar-refractivity contribution >= 4 is 17.4 Å². The normalized spacial score (nSPS) is 15.5. The zero-order valence-corrected chi connectivity index (χ0v) is 8.06. The molecule has 0 saturated carbocycles. The molecule has 1 aromatic carbocycles. The molecule has 0 radical (unpaired) electrons. The highest BCUT2D eigenvalue weighted by molar-refractivity contribution is 6.15. The highest BCUT2D eigenvalue weighted by atomic mass is 16.2. The zero-order chi connectivity index (χ0) is 10.8. The van der Waals surface area contributed by atoms with Crippen molar-refractivity contribution < 1.29 is 9.59 Å². The molecule has 15 heavy (non-hydrogen) atoms. The van der Waals surface area contributed by atoms with Gasteiger partial charge in [0.25, 0.3) is 0 Å². The summed E-state index contributed by atoms with van der Waals surface area (Å²) in [6.07, 6.45) is 5.23. The van der Waals surface area contributed by atoms with Crippen LogP contribution in [-0.2, 0) is 9.59 Å². The van der Waals surface area contributed by atoms with Crippen LogP contribution in [0.2, 0.25) is 0 Å². The van der Waals surface area contributed by atoms with E-state index in [1.807, 2.05) is 0 Å². The van der Waals surface area contributed by atoms with Crippen LogP contribution in [0.1, 0.15) is 12.0 Å². The van der Waals surface area contributed by atoms with Crippen LogP contribution in [0.15, 0.2) is 24.3 Å². The minimum atomic E-state index is -0.145. The Hall–Kier alpha value is -2.08. The summed E-state index contributed by atoms with van der Waals surface area (Å²) < 4.78 is 0. The van der Waals surface area contributed by atoms with E-state index in [9.17, 15) is 9.59 Å². The summed E-state index contributed by atoms with van der Waals surface area (Å²) in [5, 5.41) is 0. The summed E-state index contributed by atoms with van der Waals surface area (Å²) in [5.74, 6) is 2.31. The van der Waals surface area contributed by atoms with Gasteiger partial charge in [-0.3, -0.25) is 9.59 Å². The number of ketones is 1. The second-order valence-corrected chi connectivity index (χ2v) is 3.39. The molecular formula is C12H9NO2. The molecule has 0 unspecified atom stereocenters. The van der Waals surface area contributed by atoms with Gasteiger partial charge in [0.05, 0.1) is 13.0 Å². The van der Waals surface area contributed by atoms with Gasteiger partial charge in [0.2, 0.25) is 5.91 Å². The molecule has 0 bridgehead atoms. The lowest BCUT2D eigenvalue weighted by Gasteiger charge is -2.14. The molecule has 3 heteroatoms. The lowest BCUT2D eigenvalue weighted by atomic mass is 10.2. The van der Waals surface area contributed by atoms with Gasteiger partial charge < -0.3 is 4.90 Å². The van der Waals surface area contributed by atoms with Crippen molar-refractivity contribution in [2.45, 2.75) is 6.42 Å². The second kappa shape index (κ2) is 3.58. The summed E-state index contributed by atoms with van der Waals surface area (Å²) in [7, 11) is 0. The Kier molecular flexibility index (Phi) is 2.26. The molecule has 0 aromatic heterocycles. The van der Waals surface area contributed by atoms with Gasteiger partial charge in [-0.2, -0.15) is 0 Å². The number of benzene rings is 1.